The average molecular weight is 392 g/mol. The molecule has 0 aliphatic carbocycles. The minimum absolute atomic E-state index is 0.495. The molecule has 0 unspecified atom stereocenters. The minimum Gasteiger partial charge on any atom is -0.397 e. The summed E-state index contributed by atoms with van der Waals surface area (Å²) in [5.74, 6) is 0. The molecule has 0 amide bonds. The Bertz CT molecular complexity index is 694. The lowest BCUT2D eigenvalue weighted by atomic mass is 9.97. The fraction of sp³-hybridized carbons (Fsp3) is 0.294. The molecule has 0 saturated heterocycles. The van der Waals surface area contributed by atoms with E-state index in [9.17, 15) is 0 Å². The van der Waals surface area contributed by atoms with Crippen LogP contribution in [0.5, 0.6) is 0 Å². The van der Waals surface area contributed by atoms with Crippen molar-refractivity contribution in [1.82, 2.24) is 0 Å². The Morgan fingerprint density at radius 3 is 1.39 bits per heavy atom. The first-order valence-electron chi connectivity index (χ1n) is 7.32. The summed E-state index contributed by atoms with van der Waals surface area (Å²) in [4.78, 5) is 0. The predicted octanol–water partition coefficient (Wildman–Crippen LogP) is 6.18. The topological polar surface area (TPSA) is 52.0 Å². The number of anilines is 2. The normalized spacial score (nSPS) is 11.0. The Hall–Kier alpha value is -0.800. The zero-order chi connectivity index (χ0) is 17.3. The molecule has 2 nitrogen and oxygen atoms in total. The summed E-state index contributed by atoms with van der Waals surface area (Å²) >= 11 is 25.4. The van der Waals surface area contributed by atoms with Crippen molar-refractivity contribution >= 4 is 57.8 Å². The van der Waals surface area contributed by atoms with Crippen molar-refractivity contribution in [1.29, 1.82) is 0 Å². The molecule has 0 heterocycles. The number of halogens is 4. The van der Waals surface area contributed by atoms with E-state index in [0.717, 1.165) is 22.3 Å². The van der Waals surface area contributed by atoms with Crippen molar-refractivity contribution in [2.45, 2.75) is 33.1 Å². The first-order chi connectivity index (χ1) is 10.8. The Morgan fingerprint density at radius 1 is 0.739 bits per heavy atom. The van der Waals surface area contributed by atoms with Gasteiger partial charge in [-0.15, -0.1) is 0 Å². The van der Waals surface area contributed by atoms with E-state index in [1.165, 1.54) is 0 Å². The monoisotopic (exact) mass is 390 g/mol. The van der Waals surface area contributed by atoms with Crippen LogP contribution in [0.1, 0.15) is 36.1 Å². The third-order valence-electron chi connectivity index (χ3n) is 3.95. The number of nitrogen functional groups attached to an aromatic ring is 2. The second-order valence-electron chi connectivity index (χ2n) is 5.33. The van der Waals surface area contributed by atoms with Gasteiger partial charge < -0.3 is 11.5 Å². The van der Waals surface area contributed by atoms with E-state index in [2.05, 4.69) is 0 Å². The molecule has 23 heavy (non-hydrogen) atoms. The fourth-order valence-electron chi connectivity index (χ4n) is 2.65. The molecule has 0 radical (unpaired) electrons. The maximum absolute atomic E-state index is 6.49. The molecular formula is C17H18Cl4N2. The molecular weight excluding hydrogens is 374 g/mol. The van der Waals surface area contributed by atoms with Crippen LogP contribution in [0.4, 0.5) is 11.4 Å². The Kier molecular flexibility index (Phi) is 5.96. The number of rotatable bonds is 4. The van der Waals surface area contributed by atoms with Crippen LogP contribution < -0.4 is 11.5 Å². The Morgan fingerprint density at radius 2 is 1.09 bits per heavy atom. The van der Waals surface area contributed by atoms with Crippen molar-refractivity contribution in [2.24, 2.45) is 0 Å². The van der Waals surface area contributed by atoms with Crippen molar-refractivity contribution in [2.75, 3.05) is 11.5 Å². The first-order valence-corrected chi connectivity index (χ1v) is 8.83. The van der Waals surface area contributed by atoms with E-state index in [0.29, 0.717) is 50.7 Å². The van der Waals surface area contributed by atoms with Crippen LogP contribution in [-0.4, -0.2) is 0 Å². The third-order valence-corrected chi connectivity index (χ3v) is 5.52. The maximum Gasteiger partial charge on any atom is 0.0642 e. The number of hydrogen-bond donors (Lipinski definition) is 2. The summed E-state index contributed by atoms with van der Waals surface area (Å²) in [7, 11) is 0. The summed E-state index contributed by atoms with van der Waals surface area (Å²) in [6.45, 7) is 3.97. The van der Waals surface area contributed by atoms with Crippen LogP contribution in [0, 0.1) is 0 Å². The van der Waals surface area contributed by atoms with Gasteiger partial charge in [0.25, 0.3) is 0 Å². The smallest absolute Gasteiger partial charge is 0.0642 e. The zero-order valence-corrected chi connectivity index (χ0v) is 16.0. The number of hydrogen-bond acceptors (Lipinski definition) is 2. The lowest BCUT2D eigenvalue weighted by Gasteiger charge is -2.16. The van der Waals surface area contributed by atoms with E-state index in [4.69, 9.17) is 57.9 Å². The molecule has 0 aliphatic rings. The van der Waals surface area contributed by atoms with Crippen molar-refractivity contribution in [3.05, 3.63) is 54.5 Å². The van der Waals surface area contributed by atoms with Crippen molar-refractivity contribution in [3.63, 3.8) is 0 Å². The highest BCUT2D eigenvalue weighted by atomic mass is 35.5. The lowest BCUT2D eigenvalue weighted by molar-refractivity contribution is 1.09. The average Bonchev–Trinajstić information content (AvgIpc) is 2.51. The second kappa shape index (κ2) is 7.40. The molecule has 6 heteroatoms. The van der Waals surface area contributed by atoms with E-state index >= 15 is 0 Å². The molecule has 0 bridgehead atoms. The highest BCUT2D eigenvalue weighted by Gasteiger charge is 2.17. The summed E-state index contributed by atoms with van der Waals surface area (Å²) in [5, 5.41) is 2.23. The van der Waals surface area contributed by atoms with Gasteiger partial charge in [-0.25, -0.2) is 0 Å². The van der Waals surface area contributed by atoms with Crippen LogP contribution in [0.15, 0.2) is 12.1 Å². The second-order valence-corrected chi connectivity index (χ2v) is 6.90. The standard InChI is InChI=1S/C17H18Cl4N2/c1-3-10-14(20)8(6-12(18)16(10)22)5-9-7-13(19)17(23)11(4-2)15(9)21/h6-7H,3-5,22-23H2,1-2H3. The van der Waals surface area contributed by atoms with Crippen LogP contribution >= 0.6 is 46.4 Å². The molecule has 2 aromatic rings. The molecule has 4 N–H and O–H groups in total. The number of nitrogens with two attached hydrogens (primary N) is 2. The maximum atomic E-state index is 6.49. The molecule has 2 rings (SSSR count). The van der Waals surface area contributed by atoms with Gasteiger partial charge in [0.1, 0.15) is 0 Å². The minimum atomic E-state index is 0.495. The molecule has 124 valence electrons. The van der Waals surface area contributed by atoms with Gasteiger partial charge >= 0.3 is 0 Å². The Balaban J connectivity index is 2.57. The van der Waals surface area contributed by atoms with Crippen molar-refractivity contribution in [3.8, 4) is 0 Å². The Labute approximate surface area is 156 Å². The van der Waals surface area contributed by atoms with Gasteiger partial charge in [-0.05, 0) is 47.2 Å². The third kappa shape index (κ3) is 3.51. The van der Waals surface area contributed by atoms with E-state index in [-0.39, 0.29) is 0 Å². The van der Waals surface area contributed by atoms with E-state index in [1.807, 2.05) is 13.8 Å². The molecule has 0 aromatic heterocycles. The first kappa shape index (κ1) is 18.5. The summed E-state index contributed by atoms with van der Waals surface area (Å²) in [6.07, 6.45) is 1.92. The largest absolute Gasteiger partial charge is 0.397 e. The fourth-order valence-corrected chi connectivity index (χ4v) is 3.86. The molecule has 2 aromatic carbocycles. The van der Waals surface area contributed by atoms with Gasteiger partial charge in [0.05, 0.1) is 21.4 Å². The summed E-state index contributed by atoms with van der Waals surface area (Å²) in [5.41, 5.74) is 16.5. The van der Waals surface area contributed by atoms with Gasteiger partial charge in [-0.3, -0.25) is 0 Å². The van der Waals surface area contributed by atoms with Gasteiger partial charge in [-0.1, -0.05) is 60.3 Å². The molecule has 0 aliphatic heterocycles. The molecule has 0 saturated carbocycles. The van der Waals surface area contributed by atoms with Gasteiger partial charge in [-0.2, -0.15) is 0 Å². The van der Waals surface area contributed by atoms with Crippen LogP contribution in [0.3, 0.4) is 0 Å². The van der Waals surface area contributed by atoms with E-state index < -0.39 is 0 Å². The summed E-state index contributed by atoms with van der Waals surface area (Å²) < 4.78 is 0. The highest BCUT2D eigenvalue weighted by Crippen LogP contribution is 2.38. The SMILES string of the molecule is CCc1c(N)c(Cl)cc(Cc2cc(Cl)c(N)c(CC)c2Cl)c1Cl. The zero-order valence-electron chi connectivity index (χ0n) is 12.9. The predicted molar refractivity (Wildman–Crippen MR) is 103 cm³/mol. The molecule has 0 spiro atoms. The van der Waals surface area contributed by atoms with E-state index in [1.54, 1.807) is 12.1 Å². The highest BCUT2D eigenvalue weighted by molar-refractivity contribution is 6.37. The molecule has 0 atom stereocenters. The van der Waals surface area contributed by atoms with Crippen LogP contribution in [0.2, 0.25) is 20.1 Å². The van der Waals surface area contributed by atoms with Gasteiger partial charge in [0, 0.05) is 16.5 Å². The summed E-state index contributed by atoms with van der Waals surface area (Å²) in [6, 6.07) is 3.56. The number of benzene rings is 2. The van der Waals surface area contributed by atoms with Crippen LogP contribution in [0.25, 0.3) is 0 Å². The lowest BCUT2D eigenvalue weighted by Crippen LogP contribution is -2.03. The van der Waals surface area contributed by atoms with Crippen molar-refractivity contribution < 1.29 is 0 Å². The van der Waals surface area contributed by atoms with Gasteiger partial charge in [0.15, 0.2) is 0 Å². The van der Waals surface area contributed by atoms with Gasteiger partial charge in [0.2, 0.25) is 0 Å². The van der Waals surface area contributed by atoms with Crippen LogP contribution in [-0.2, 0) is 19.3 Å². The quantitative estimate of drug-likeness (QED) is 0.611. The molecule has 0 fully saturated rings.